The molecule has 0 bridgehead atoms. The molecule has 0 fully saturated rings. The van der Waals surface area contributed by atoms with Crippen LogP contribution in [0.5, 0.6) is 0 Å². The topological polar surface area (TPSA) is 30.9 Å². The quantitative estimate of drug-likeness (QED) is 0.867. The van der Waals surface area contributed by atoms with Gasteiger partial charge < -0.3 is 10.3 Å². The predicted octanol–water partition coefficient (Wildman–Crippen LogP) is 2.32. The number of hydrogen-bond acceptors (Lipinski definition) is 1. The number of benzene rings is 1. The highest BCUT2D eigenvalue weighted by Gasteiger charge is 2.04. The molecule has 0 saturated heterocycles. The summed E-state index contributed by atoms with van der Waals surface area (Å²) in [5.41, 5.74) is 7.05. The first-order valence-corrected chi connectivity index (χ1v) is 5.47. The molecule has 2 N–H and O–H groups in total. The molecule has 0 saturated carbocycles. The molecule has 0 amide bonds. The highest BCUT2D eigenvalue weighted by Crippen LogP contribution is 2.12. The number of rotatable bonds is 4. The largest absolute Gasteiger partial charge is 0.350 e. The van der Waals surface area contributed by atoms with Crippen molar-refractivity contribution in [1.29, 1.82) is 0 Å². The fourth-order valence-electron chi connectivity index (χ4n) is 1.75. The molecule has 17 heavy (non-hydrogen) atoms. The fraction of sp³-hybridized carbons (Fsp3) is 0.231. The van der Waals surface area contributed by atoms with Gasteiger partial charge in [-0.2, -0.15) is 0 Å². The van der Waals surface area contributed by atoms with Crippen molar-refractivity contribution in [3.63, 3.8) is 0 Å². The van der Waals surface area contributed by atoms with Gasteiger partial charge in [-0.05, 0) is 30.7 Å². The van der Waals surface area contributed by atoms with Crippen LogP contribution >= 0.6 is 0 Å². The van der Waals surface area contributed by atoms with Crippen molar-refractivity contribution in [2.24, 2.45) is 5.73 Å². The van der Waals surface area contributed by atoms with Crippen LogP contribution in [0.2, 0.25) is 0 Å². The first-order chi connectivity index (χ1) is 8.19. The molecule has 2 nitrogen and oxygen atoms in total. The SMILES string of the molecule is NCCc1ccn(Cc2ccc(F)cc2F)c1. The molecule has 0 radical (unpaired) electrons. The summed E-state index contributed by atoms with van der Waals surface area (Å²) in [5.74, 6) is -1.07. The van der Waals surface area contributed by atoms with Crippen LogP contribution in [-0.2, 0) is 13.0 Å². The Kier molecular flexibility index (Phi) is 3.54. The third-order valence-electron chi connectivity index (χ3n) is 2.61. The summed E-state index contributed by atoms with van der Waals surface area (Å²) in [4.78, 5) is 0. The zero-order valence-electron chi connectivity index (χ0n) is 9.37. The van der Waals surface area contributed by atoms with E-state index in [1.807, 2.05) is 23.0 Å². The van der Waals surface area contributed by atoms with Crippen LogP contribution in [0.1, 0.15) is 11.1 Å². The van der Waals surface area contributed by atoms with Crippen molar-refractivity contribution in [3.8, 4) is 0 Å². The molecule has 0 aliphatic rings. The van der Waals surface area contributed by atoms with Gasteiger partial charge in [-0.15, -0.1) is 0 Å². The molecule has 0 atom stereocenters. The van der Waals surface area contributed by atoms with Crippen LogP contribution in [0.25, 0.3) is 0 Å². The first kappa shape index (κ1) is 11.8. The monoisotopic (exact) mass is 236 g/mol. The number of nitrogens with two attached hydrogens (primary N) is 1. The van der Waals surface area contributed by atoms with E-state index in [0.717, 1.165) is 18.1 Å². The van der Waals surface area contributed by atoms with Crippen molar-refractivity contribution >= 4 is 0 Å². The lowest BCUT2D eigenvalue weighted by Gasteiger charge is -2.04. The van der Waals surface area contributed by atoms with E-state index in [0.29, 0.717) is 18.7 Å². The molecule has 1 aromatic carbocycles. The van der Waals surface area contributed by atoms with E-state index in [1.165, 1.54) is 12.1 Å². The maximum atomic E-state index is 13.4. The third-order valence-corrected chi connectivity index (χ3v) is 2.61. The van der Waals surface area contributed by atoms with Crippen LogP contribution in [-0.4, -0.2) is 11.1 Å². The summed E-state index contributed by atoms with van der Waals surface area (Å²) < 4.78 is 28.0. The van der Waals surface area contributed by atoms with E-state index in [1.54, 1.807) is 0 Å². The maximum Gasteiger partial charge on any atom is 0.131 e. The second-order valence-corrected chi connectivity index (χ2v) is 3.97. The second kappa shape index (κ2) is 5.10. The summed E-state index contributed by atoms with van der Waals surface area (Å²) in [7, 11) is 0. The third kappa shape index (κ3) is 2.91. The number of hydrogen-bond donors (Lipinski definition) is 1. The average Bonchev–Trinajstić information content (AvgIpc) is 2.71. The Morgan fingerprint density at radius 2 is 2.00 bits per heavy atom. The van der Waals surface area contributed by atoms with Gasteiger partial charge in [0.05, 0.1) is 0 Å². The van der Waals surface area contributed by atoms with Gasteiger partial charge in [0.1, 0.15) is 11.6 Å². The minimum atomic E-state index is -0.553. The van der Waals surface area contributed by atoms with Crippen LogP contribution in [0.15, 0.2) is 36.7 Å². The molecule has 4 heteroatoms. The zero-order valence-corrected chi connectivity index (χ0v) is 9.37. The van der Waals surface area contributed by atoms with E-state index in [-0.39, 0.29) is 0 Å². The molecule has 0 spiro atoms. The lowest BCUT2D eigenvalue weighted by atomic mass is 10.2. The van der Waals surface area contributed by atoms with Gasteiger partial charge >= 0.3 is 0 Å². The van der Waals surface area contributed by atoms with Gasteiger partial charge in [0.15, 0.2) is 0 Å². The Hall–Kier alpha value is -1.68. The molecular weight excluding hydrogens is 222 g/mol. The van der Waals surface area contributed by atoms with Crippen LogP contribution in [0.3, 0.4) is 0 Å². The van der Waals surface area contributed by atoms with Gasteiger partial charge in [0.25, 0.3) is 0 Å². The second-order valence-electron chi connectivity index (χ2n) is 3.97. The molecular formula is C13H14F2N2. The number of nitrogens with zero attached hydrogens (tertiary/aromatic N) is 1. The van der Waals surface area contributed by atoms with E-state index in [9.17, 15) is 8.78 Å². The van der Waals surface area contributed by atoms with Crippen molar-refractivity contribution in [3.05, 3.63) is 59.4 Å². The molecule has 1 aromatic heterocycles. The van der Waals surface area contributed by atoms with Crippen LogP contribution in [0.4, 0.5) is 8.78 Å². The molecule has 90 valence electrons. The van der Waals surface area contributed by atoms with Gasteiger partial charge in [0, 0.05) is 30.6 Å². The summed E-state index contributed by atoms with van der Waals surface area (Å²) in [5, 5.41) is 0. The highest BCUT2D eigenvalue weighted by atomic mass is 19.1. The first-order valence-electron chi connectivity index (χ1n) is 5.47. The maximum absolute atomic E-state index is 13.4. The molecule has 0 aliphatic heterocycles. The Morgan fingerprint density at radius 1 is 1.18 bits per heavy atom. The van der Waals surface area contributed by atoms with Crippen molar-refractivity contribution in [2.75, 3.05) is 6.54 Å². The highest BCUT2D eigenvalue weighted by molar-refractivity contribution is 5.20. The normalized spacial score (nSPS) is 10.8. The van der Waals surface area contributed by atoms with Crippen molar-refractivity contribution in [2.45, 2.75) is 13.0 Å². The summed E-state index contributed by atoms with van der Waals surface area (Å²) in [6.07, 6.45) is 4.60. The Labute approximate surface area is 98.7 Å². The zero-order chi connectivity index (χ0) is 12.3. The molecule has 0 unspecified atom stereocenters. The molecule has 1 heterocycles. The smallest absolute Gasteiger partial charge is 0.131 e. The Morgan fingerprint density at radius 3 is 2.71 bits per heavy atom. The lowest BCUT2D eigenvalue weighted by Crippen LogP contribution is -2.02. The number of halogens is 2. The van der Waals surface area contributed by atoms with Crippen molar-refractivity contribution < 1.29 is 8.78 Å². The Balaban J connectivity index is 2.13. The molecule has 2 rings (SSSR count). The van der Waals surface area contributed by atoms with Crippen LogP contribution in [0, 0.1) is 11.6 Å². The lowest BCUT2D eigenvalue weighted by molar-refractivity contribution is 0.566. The minimum Gasteiger partial charge on any atom is -0.350 e. The minimum absolute atomic E-state index is 0.399. The molecule has 0 aliphatic carbocycles. The summed E-state index contributed by atoms with van der Waals surface area (Å²) in [6, 6.07) is 5.59. The average molecular weight is 236 g/mol. The van der Waals surface area contributed by atoms with Gasteiger partial charge in [-0.1, -0.05) is 6.07 Å². The Bertz CT molecular complexity index is 506. The van der Waals surface area contributed by atoms with Crippen LogP contribution < -0.4 is 5.73 Å². The standard InChI is InChI=1S/C13H14F2N2/c14-12-2-1-11(13(15)7-12)9-17-6-4-10(8-17)3-5-16/h1-2,4,6-8H,3,5,9,16H2. The summed E-state index contributed by atoms with van der Waals surface area (Å²) >= 11 is 0. The molecule has 2 aromatic rings. The fourth-order valence-corrected chi connectivity index (χ4v) is 1.75. The van der Waals surface area contributed by atoms with Crippen molar-refractivity contribution in [1.82, 2.24) is 4.57 Å². The predicted molar refractivity (Wildman–Crippen MR) is 62.7 cm³/mol. The van der Waals surface area contributed by atoms with Gasteiger partial charge in [-0.25, -0.2) is 8.78 Å². The van der Waals surface area contributed by atoms with Gasteiger partial charge in [-0.3, -0.25) is 0 Å². The van der Waals surface area contributed by atoms with E-state index in [4.69, 9.17) is 5.73 Å². The van der Waals surface area contributed by atoms with E-state index in [2.05, 4.69) is 0 Å². The summed E-state index contributed by atoms with van der Waals surface area (Å²) in [6.45, 7) is 0.992. The number of aromatic nitrogens is 1. The van der Waals surface area contributed by atoms with E-state index < -0.39 is 11.6 Å². The van der Waals surface area contributed by atoms with Gasteiger partial charge in [0.2, 0.25) is 0 Å². The van der Waals surface area contributed by atoms with E-state index >= 15 is 0 Å².